The lowest BCUT2D eigenvalue weighted by Gasteiger charge is -2.25. The zero-order valence-corrected chi connectivity index (χ0v) is 12.2. The highest BCUT2D eigenvalue weighted by Crippen LogP contribution is 2.17. The molecule has 0 spiro atoms. The summed E-state index contributed by atoms with van der Waals surface area (Å²) in [5.74, 6) is 0.689. The molecule has 1 aromatic rings. The number of ether oxygens (including phenoxy) is 1. The Morgan fingerprint density at radius 2 is 1.76 bits per heavy atom. The number of carbonyl (C=O) groups is 1. The first-order chi connectivity index (χ1) is 7.91. The molecule has 0 saturated heterocycles. The van der Waals surface area contributed by atoms with Crippen LogP contribution < -0.4 is 4.74 Å². The molecule has 1 amide bonds. The van der Waals surface area contributed by atoms with Crippen molar-refractivity contribution in [2.24, 2.45) is 0 Å². The number of hydrogen-bond acceptors (Lipinski definition) is 2. The summed E-state index contributed by atoms with van der Waals surface area (Å²) in [5, 5.41) is 0. The standard InChI is InChI=1S/C13H18BrNO2/c1-9(2)15(4)13(16)10(3)17-12-7-5-11(14)6-8-12/h5-10H,1-4H3. The largest absolute Gasteiger partial charge is 0.481 e. The van der Waals surface area contributed by atoms with E-state index >= 15 is 0 Å². The molecule has 0 aromatic heterocycles. The summed E-state index contributed by atoms with van der Waals surface area (Å²) in [4.78, 5) is 13.6. The first-order valence-electron chi connectivity index (χ1n) is 5.60. The molecule has 4 heteroatoms. The molecule has 0 bridgehead atoms. The molecule has 0 heterocycles. The molecule has 94 valence electrons. The van der Waals surface area contributed by atoms with Gasteiger partial charge in [0.05, 0.1) is 0 Å². The van der Waals surface area contributed by atoms with Gasteiger partial charge in [-0.1, -0.05) is 15.9 Å². The van der Waals surface area contributed by atoms with E-state index in [2.05, 4.69) is 15.9 Å². The summed E-state index contributed by atoms with van der Waals surface area (Å²) in [6.45, 7) is 5.72. The lowest BCUT2D eigenvalue weighted by molar-refractivity contribution is -0.138. The number of carbonyl (C=O) groups excluding carboxylic acids is 1. The lowest BCUT2D eigenvalue weighted by Crippen LogP contribution is -2.41. The quantitative estimate of drug-likeness (QED) is 0.855. The van der Waals surface area contributed by atoms with E-state index < -0.39 is 6.10 Å². The first kappa shape index (κ1) is 14.0. The van der Waals surface area contributed by atoms with E-state index in [0.29, 0.717) is 5.75 Å². The van der Waals surface area contributed by atoms with Crippen LogP contribution in [0.25, 0.3) is 0 Å². The predicted molar refractivity (Wildman–Crippen MR) is 72.1 cm³/mol. The van der Waals surface area contributed by atoms with Crippen LogP contribution in [0.1, 0.15) is 20.8 Å². The van der Waals surface area contributed by atoms with Gasteiger partial charge in [0, 0.05) is 17.6 Å². The number of hydrogen-bond donors (Lipinski definition) is 0. The summed E-state index contributed by atoms with van der Waals surface area (Å²) in [7, 11) is 1.79. The second-order valence-electron chi connectivity index (χ2n) is 4.26. The minimum absolute atomic E-state index is 0.0112. The summed E-state index contributed by atoms with van der Waals surface area (Å²) in [6.07, 6.45) is -0.469. The van der Waals surface area contributed by atoms with Crippen LogP contribution >= 0.6 is 15.9 Å². The van der Waals surface area contributed by atoms with Crippen LogP contribution in [0.4, 0.5) is 0 Å². The molecule has 1 rings (SSSR count). The lowest BCUT2D eigenvalue weighted by atomic mass is 10.2. The van der Waals surface area contributed by atoms with Crippen molar-refractivity contribution in [3.8, 4) is 5.75 Å². The van der Waals surface area contributed by atoms with Crippen LogP contribution in [-0.4, -0.2) is 30.0 Å². The number of benzene rings is 1. The molecule has 0 N–H and O–H groups in total. The maximum atomic E-state index is 11.9. The molecule has 1 unspecified atom stereocenters. The van der Waals surface area contributed by atoms with Crippen LogP contribution in [0.3, 0.4) is 0 Å². The van der Waals surface area contributed by atoms with Gasteiger partial charge in [0.1, 0.15) is 5.75 Å². The summed E-state index contributed by atoms with van der Waals surface area (Å²) in [5.41, 5.74) is 0. The van der Waals surface area contributed by atoms with Crippen molar-refractivity contribution >= 4 is 21.8 Å². The molecular formula is C13H18BrNO2. The fourth-order valence-electron chi connectivity index (χ4n) is 1.31. The van der Waals surface area contributed by atoms with E-state index in [1.54, 1.807) is 18.9 Å². The van der Waals surface area contributed by atoms with Gasteiger partial charge in [-0.05, 0) is 45.0 Å². The first-order valence-corrected chi connectivity index (χ1v) is 6.40. The van der Waals surface area contributed by atoms with Gasteiger partial charge in [-0.15, -0.1) is 0 Å². The number of rotatable bonds is 4. The van der Waals surface area contributed by atoms with Crippen molar-refractivity contribution in [1.29, 1.82) is 0 Å². The fourth-order valence-corrected chi connectivity index (χ4v) is 1.57. The van der Waals surface area contributed by atoms with Gasteiger partial charge in [-0.3, -0.25) is 4.79 Å². The molecule has 0 aliphatic carbocycles. The van der Waals surface area contributed by atoms with Crippen LogP contribution in [0.5, 0.6) is 5.75 Å². The van der Waals surface area contributed by atoms with Crippen molar-refractivity contribution in [2.75, 3.05) is 7.05 Å². The Labute approximate surface area is 111 Å². The van der Waals surface area contributed by atoms with Gasteiger partial charge in [-0.25, -0.2) is 0 Å². The Hall–Kier alpha value is -1.03. The third-order valence-electron chi connectivity index (χ3n) is 2.60. The normalized spacial score (nSPS) is 12.4. The number of likely N-dealkylation sites (N-methyl/N-ethyl adjacent to an activating group) is 1. The third kappa shape index (κ3) is 4.04. The Morgan fingerprint density at radius 1 is 1.24 bits per heavy atom. The van der Waals surface area contributed by atoms with Gasteiger partial charge in [0.25, 0.3) is 5.91 Å². The molecule has 1 aromatic carbocycles. The van der Waals surface area contributed by atoms with Crippen LogP contribution in [0.15, 0.2) is 28.7 Å². The minimum atomic E-state index is -0.469. The zero-order chi connectivity index (χ0) is 13.0. The molecule has 0 aliphatic rings. The maximum absolute atomic E-state index is 11.9. The average Bonchev–Trinajstić information content (AvgIpc) is 2.30. The topological polar surface area (TPSA) is 29.5 Å². The molecular weight excluding hydrogens is 282 g/mol. The van der Waals surface area contributed by atoms with Crippen molar-refractivity contribution in [3.05, 3.63) is 28.7 Å². The molecule has 3 nitrogen and oxygen atoms in total. The fraction of sp³-hybridized carbons (Fsp3) is 0.462. The van der Waals surface area contributed by atoms with E-state index in [-0.39, 0.29) is 11.9 Å². The molecule has 17 heavy (non-hydrogen) atoms. The molecule has 0 radical (unpaired) electrons. The van der Waals surface area contributed by atoms with Crippen molar-refractivity contribution < 1.29 is 9.53 Å². The van der Waals surface area contributed by atoms with Crippen molar-refractivity contribution in [3.63, 3.8) is 0 Å². The predicted octanol–water partition coefficient (Wildman–Crippen LogP) is 3.08. The number of halogens is 1. The van der Waals surface area contributed by atoms with Gasteiger partial charge in [0.2, 0.25) is 0 Å². The minimum Gasteiger partial charge on any atom is -0.481 e. The van der Waals surface area contributed by atoms with Gasteiger partial charge >= 0.3 is 0 Å². The van der Waals surface area contributed by atoms with Gasteiger partial charge in [-0.2, -0.15) is 0 Å². The molecule has 1 atom stereocenters. The van der Waals surface area contributed by atoms with E-state index in [9.17, 15) is 4.79 Å². The maximum Gasteiger partial charge on any atom is 0.263 e. The van der Waals surface area contributed by atoms with Gasteiger partial charge in [0.15, 0.2) is 6.10 Å². The zero-order valence-electron chi connectivity index (χ0n) is 10.6. The van der Waals surface area contributed by atoms with Crippen LogP contribution in [-0.2, 0) is 4.79 Å². The molecule has 0 saturated carbocycles. The molecule has 0 aliphatic heterocycles. The number of amides is 1. The highest BCUT2D eigenvalue weighted by molar-refractivity contribution is 9.10. The average molecular weight is 300 g/mol. The SMILES string of the molecule is CC(Oc1ccc(Br)cc1)C(=O)N(C)C(C)C. The highest BCUT2D eigenvalue weighted by atomic mass is 79.9. The van der Waals surface area contributed by atoms with Crippen LogP contribution in [0, 0.1) is 0 Å². The molecule has 0 fully saturated rings. The third-order valence-corrected chi connectivity index (χ3v) is 3.13. The summed E-state index contributed by atoms with van der Waals surface area (Å²) in [6, 6.07) is 7.63. The van der Waals surface area contributed by atoms with Crippen molar-refractivity contribution in [2.45, 2.75) is 32.9 Å². The Kier molecular flexibility index (Phi) is 5.00. The van der Waals surface area contributed by atoms with Crippen molar-refractivity contribution in [1.82, 2.24) is 4.90 Å². The summed E-state index contributed by atoms with van der Waals surface area (Å²) >= 11 is 3.35. The van der Waals surface area contributed by atoms with Gasteiger partial charge < -0.3 is 9.64 Å². The summed E-state index contributed by atoms with van der Waals surface area (Å²) < 4.78 is 6.58. The van der Waals surface area contributed by atoms with Crippen LogP contribution in [0.2, 0.25) is 0 Å². The van der Waals surface area contributed by atoms with E-state index in [1.807, 2.05) is 38.1 Å². The highest BCUT2D eigenvalue weighted by Gasteiger charge is 2.20. The van der Waals surface area contributed by atoms with E-state index in [1.165, 1.54) is 0 Å². The number of nitrogens with zero attached hydrogens (tertiary/aromatic N) is 1. The Bertz CT molecular complexity index is 376. The second-order valence-corrected chi connectivity index (χ2v) is 5.17. The van der Waals surface area contributed by atoms with E-state index in [0.717, 1.165) is 4.47 Å². The smallest absolute Gasteiger partial charge is 0.263 e. The van der Waals surface area contributed by atoms with E-state index in [4.69, 9.17) is 4.74 Å². The monoisotopic (exact) mass is 299 g/mol. The second kappa shape index (κ2) is 6.05. The Balaban J connectivity index is 2.63. The Morgan fingerprint density at radius 3 is 2.24 bits per heavy atom.